The molecule has 0 bridgehead atoms. The van der Waals surface area contributed by atoms with Gasteiger partial charge in [0.2, 0.25) is 0 Å². The highest BCUT2D eigenvalue weighted by Crippen LogP contribution is 2.26. The maximum atomic E-state index is 10.7. The van der Waals surface area contributed by atoms with E-state index in [0.29, 0.717) is 0 Å². The van der Waals surface area contributed by atoms with Gasteiger partial charge in [0.15, 0.2) is 0 Å². The van der Waals surface area contributed by atoms with Crippen LogP contribution in [0.15, 0.2) is 30.5 Å². The molecule has 4 nitrogen and oxygen atoms in total. The molecule has 3 N–H and O–H groups in total. The van der Waals surface area contributed by atoms with Crippen molar-refractivity contribution >= 4 is 16.9 Å². The van der Waals surface area contributed by atoms with Crippen molar-refractivity contribution in [2.45, 2.75) is 18.9 Å². The lowest BCUT2D eigenvalue weighted by Gasteiger charge is -2.20. The van der Waals surface area contributed by atoms with Gasteiger partial charge in [0.25, 0.3) is 0 Å². The van der Waals surface area contributed by atoms with Gasteiger partial charge >= 0.3 is 0 Å². The van der Waals surface area contributed by atoms with Gasteiger partial charge in [-0.25, -0.2) is 0 Å². The third kappa shape index (κ3) is 1.67. The molecule has 0 aliphatic carbocycles. The Morgan fingerprint density at radius 1 is 1.44 bits per heavy atom. The van der Waals surface area contributed by atoms with E-state index in [4.69, 9.17) is 5.73 Å². The van der Waals surface area contributed by atoms with E-state index in [1.165, 1.54) is 0 Å². The van der Waals surface area contributed by atoms with Crippen LogP contribution in [0.3, 0.4) is 0 Å². The molecule has 0 saturated carbocycles. The summed E-state index contributed by atoms with van der Waals surface area (Å²) in [6.45, 7) is 1.79. The molecule has 2 rings (SSSR count). The van der Waals surface area contributed by atoms with E-state index in [2.05, 4.69) is 4.98 Å². The lowest BCUT2D eigenvalue weighted by atomic mass is 9.93. The van der Waals surface area contributed by atoms with Crippen LogP contribution in [0, 0.1) is 0 Å². The molecular formula is C12H13N2O2-. The van der Waals surface area contributed by atoms with Gasteiger partial charge in [0, 0.05) is 23.0 Å². The van der Waals surface area contributed by atoms with Crippen molar-refractivity contribution in [1.29, 1.82) is 0 Å². The van der Waals surface area contributed by atoms with Crippen LogP contribution in [0.25, 0.3) is 10.9 Å². The topological polar surface area (TPSA) is 81.9 Å². The first-order valence-electron chi connectivity index (χ1n) is 5.13. The molecule has 2 aromatic rings. The normalized spacial score (nSPS) is 14.9. The summed E-state index contributed by atoms with van der Waals surface area (Å²) < 4.78 is 0. The highest BCUT2D eigenvalue weighted by atomic mass is 16.4. The standard InChI is InChI=1S/C12H14N2O2/c1-7(11(13)12(15)16)9-6-14-10-5-3-2-4-8(9)10/h2-7,11,14H,13H2,1H3,(H,15,16)/p-1. The first-order valence-corrected chi connectivity index (χ1v) is 5.13. The van der Waals surface area contributed by atoms with Crippen LogP contribution in [0.2, 0.25) is 0 Å². The van der Waals surface area contributed by atoms with E-state index in [1.54, 1.807) is 13.1 Å². The second-order valence-corrected chi connectivity index (χ2v) is 3.92. The van der Waals surface area contributed by atoms with Gasteiger partial charge < -0.3 is 20.6 Å². The third-order valence-corrected chi connectivity index (χ3v) is 2.92. The van der Waals surface area contributed by atoms with E-state index in [9.17, 15) is 9.90 Å². The Morgan fingerprint density at radius 3 is 2.81 bits per heavy atom. The lowest BCUT2D eigenvalue weighted by molar-refractivity contribution is -0.307. The zero-order valence-electron chi connectivity index (χ0n) is 8.94. The van der Waals surface area contributed by atoms with E-state index in [1.807, 2.05) is 24.3 Å². The molecule has 2 atom stereocenters. The second kappa shape index (κ2) is 3.98. The van der Waals surface area contributed by atoms with Crippen LogP contribution in [0.1, 0.15) is 18.4 Å². The zero-order valence-corrected chi connectivity index (χ0v) is 8.94. The molecule has 16 heavy (non-hydrogen) atoms. The summed E-state index contributed by atoms with van der Waals surface area (Å²) in [5, 5.41) is 11.7. The van der Waals surface area contributed by atoms with Crippen molar-refractivity contribution in [3.8, 4) is 0 Å². The minimum Gasteiger partial charge on any atom is -0.548 e. The van der Waals surface area contributed by atoms with Crippen molar-refractivity contribution in [1.82, 2.24) is 4.98 Å². The molecule has 1 aromatic carbocycles. The average molecular weight is 217 g/mol. The van der Waals surface area contributed by atoms with Crippen LogP contribution in [0.4, 0.5) is 0 Å². The molecule has 4 heteroatoms. The monoisotopic (exact) mass is 217 g/mol. The second-order valence-electron chi connectivity index (χ2n) is 3.92. The Morgan fingerprint density at radius 2 is 2.12 bits per heavy atom. The van der Waals surface area contributed by atoms with Crippen LogP contribution < -0.4 is 10.8 Å². The molecule has 0 aliphatic rings. The molecule has 84 valence electrons. The van der Waals surface area contributed by atoms with E-state index < -0.39 is 12.0 Å². The highest BCUT2D eigenvalue weighted by molar-refractivity contribution is 5.85. The number of nitrogens with one attached hydrogen (secondary N) is 1. The summed E-state index contributed by atoms with van der Waals surface area (Å²) >= 11 is 0. The Hall–Kier alpha value is -1.81. The molecule has 0 saturated heterocycles. The summed E-state index contributed by atoms with van der Waals surface area (Å²) in [4.78, 5) is 13.8. The quantitative estimate of drug-likeness (QED) is 0.778. The Balaban J connectivity index is 2.44. The van der Waals surface area contributed by atoms with Crippen LogP contribution in [-0.2, 0) is 4.79 Å². The van der Waals surface area contributed by atoms with E-state index in [0.717, 1.165) is 16.5 Å². The predicted molar refractivity (Wildman–Crippen MR) is 59.7 cm³/mol. The van der Waals surface area contributed by atoms with E-state index >= 15 is 0 Å². The number of hydrogen-bond acceptors (Lipinski definition) is 3. The maximum Gasteiger partial charge on any atom is 0.0588 e. The molecule has 0 amide bonds. The Bertz CT molecular complexity index is 518. The zero-order chi connectivity index (χ0) is 11.7. The number of carboxylic acid groups (broad SMARTS) is 1. The number of hydrogen-bond donors (Lipinski definition) is 2. The number of aromatic nitrogens is 1. The molecule has 1 heterocycles. The van der Waals surface area contributed by atoms with Crippen molar-refractivity contribution in [3.63, 3.8) is 0 Å². The number of H-pyrrole nitrogens is 1. The average Bonchev–Trinajstić information content (AvgIpc) is 2.70. The van der Waals surface area contributed by atoms with Gasteiger partial charge in [0.1, 0.15) is 0 Å². The molecule has 0 spiro atoms. The molecule has 1 aromatic heterocycles. The molecular weight excluding hydrogens is 204 g/mol. The van der Waals surface area contributed by atoms with Crippen molar-refractivity contribution in [2.24, 2.45) is 5.73 Å². The first-order chi connectivity index (χ1) is 7.61. The van der Waals surface area contributed by atoms with Crippen LogP contribution >= 0.6 is 0 Å². The number of aliphatic carboxylic acids is 1. The van der Waals surface area contributed by atoms with Gasteiger partial charge in [0.05, 0.1) is 12.0 Å². The molecule has 2 unspecified atom stereocenters. The number of carboxylic acids is 1. The highest BCUT2D eigenvalue weighted by Gasteiger charge is 2.18. The molecule has 0 radical (unpaired) electrons. The number of fused-ring (bicyclic) bond motifs is 1. The minimum atomic E-state index is -1.22. The fraction of sp³-hybridized carbons (Fsp3) is 0.250. The smallest absolute Gasteiger partial charge is 0.0588 e. The fourth-order valence-electron chi connectivity index (χ4n) is 1.87. The van der Waals surface area contributed by atoms with Crippen molar-refractivity contribution in [2.75, 3.05) is 0 Å². The summed E-state index contributed by atoms with van der Waals surface area (Å²) in [6.07, 6.45) is 1.80. The maximum absolute atomic E-state index is 10.7. The number of rotatable bonds is 3. The summed E-state index contributed by atoms with van der Waals surface area (Å²) in [5.74, 6) is -1.50. The summed E-state index contributed by atoms with van der Waals surface area (Å²) in [5.41, 5.74) is 7.46. The van der Waals surface area contributed by atoms with Crippen molar-refractivity contribution < 1.29 is 9.90 Å². The summed E-state index contributed by atoms with van der Waals surface area (Å²) in [6, 6.07) is 6.73. The molecule has 0 fully saturated rings. The van der Waals surface area contributed by atoms with Gasteiger partial charge in [-0.2, -0.15) is 0 Å². The lowest BCUT2D eigenvalue weighted by Crippen LogP contribution is -2.45. The third-order valence-electron chi connectivity index (χ3n) is 2.92. The first kappa shape index (κ1) is 10.7. The van der Waals surface area contributed by atoms with Gasteiger partial charge in [-0.15, -0.1) is 0 Å². The predicted octanol–water partition coefficient (Wildman–Crippen LogP) is 0.349. The SMILES string of the molecule is CC(c1c[nH]c2ccccc12)C(N)C(=O)[O-]. The molecule has 0 aliphatic heterocycles. The largest absolute Gasteiger partial charge is 0.548 e. The van der Waals surface area contributed by atoms with Crippen LogP contribution in [-0.4, -0.2) is 17.0 Å². The summed E-state index contributed by atoms with van der Waals surface area (Å²) in [7, 11) is 0. The Labute approximate surface area is 93.1 Å². The van der Waals surface area contributed by atoms with Crippen LogP contribution in [0.5, 0.6) is 0 Å². The number of carbonyl (C=O) groups is 1. The number of para-hydroxylation sites is 1. The number of benzene rings is 1. The van der Waals surface area contributed by atoms with Crippen molar-refractivity contribution in [3.05, 3.63) is 36.0 Å². The fourth-order valence-corrected chi connectivity index (χ4v) is 1.87. The van der Waals surface area contributed by atoms with Gasteiger partial charge in [-0.05, 0) is 11.6 Å². The number of nitrogens with two attached hydrogens (primary N) is 1. The Kier molecular flexibility index (Phi) is 2.66. The number of carbonyl (C=O) groups excluding carboxylic acids is 1. The van der Waals surface area contributed by atoms with Gasteiger partial charge in [-0.3, -0.25) is 0 Å². The minimum absolute atomic E-state index is 0.277. The van der Waals surface area contributed by atoms with Gasteiger partial charge in [-0.1, -0.05) is 25.1 Å². The number of aromatic amines is 1. The van der Waals surface area contributed by atoms with E-state index in [-0.39, 0.29) is 5.92 Å².